The van der Waals surface area contributed by atoms with E-state index in [0.29, 0.717) is 12.2 Å². The van der Waals surface area contributed by atoms with Crippen LogP contribution in [0.5, 0.6) is 0 Å². The van der Waals surface area contributed by atoms with Gasteiger partial charge >= 0.3 is 15.9 Å². The first-order valence-corrected chi connectivity index (χ1v) is 4.20. The van der Waals surface area contributed by atoms with Crippen LogP contribution in [0.1, 0.15) is 27.7 Å². The van der Waals surface area contributed by atoms with Crippen molar-refractivity contribution < 1.29 is 12.3 Å². The Balaban J connectivity index is 0. The van der Waals surface area contributed by atoms with E-state index in [-0.39, 0.29) is 20.6 Å². The molecule has 0 saturated carbocycles. The molecule has 0 amide bonds. The van der Waals surface area contributed by atoms with Crippen molar-refractivity contribution >= 4 is 15.9 Å². The maximum atomic E-state index is 5.21. The summed E-state index contributed by atoms with van der Waals surface area (Å²) in [6, 6.07) is 0. The standard InChI is InChI=1S/2C3H7O.Al.FH/c2*1-3(2)4;;/h2*3H,1-2H3;;1H/q2*-1;+2;. The van der Waals surface area contributed by atoms with E-state index in [1.807, 2.05) is 27.7 Å². The van der Waals surface area contributed by atoms with Gasteiger partial charge < -0.3 is 7.58 Å². The Bertz CT molecular complexity index is 60.8. The SMILES string of the molecule is CC(C)[O][Al][O]C(C)C.F. The molecule has 0 N–H and O–H groups in total. The van der Waals surface area contributed by atoms with Crippen LogP contribution in [0, 0.1) is 0 Å². The van der Waals surface area contributed by atoms with Crippen molar-refractivity contribution in [2.24, 2.45) is 0 Å². The molecule has 1 radical (unpaired) electrons. The van der Waals surface area contributed by atoms with Crippen LogP contribution in [-0.2, 0) is 7.58 Å². The number of hydrogen-bond donors (Lipinski definition) is 0. The second-order valence-electron chi connectivity index (χ2n) is 2.47. The minimum absolute atomic E-state index is 0. The van der Waals surface area contributed by atoms with Crippen LogP contribution in [0.15, 0.2) is 0 Å². The molecule has 0 aliphatic rings. The summed E-state index contributed by atoms with van der Waals surface area (Å²) in [5.41, 5.74) is 0. The Morgan fingerprint density at radius 2 is 1.20 bits per heavy atom. The van der Waals surface area contributed by atoms with E-state index in [4.69, 9.17) is 7.58 Å². The second kappa shape index (κ2) is 7.49. The molecule has 0 fully saturated rings. The molecule has 0 aromatic carbocycles. The summed E-state index contributed by atoms with van der Waals surface area (Å²) in [5, 5.41) is 0. The van der Waals surface area contributed by atoms with Gasteiger partial charge in [-0.1, -0.05) is 0 Å². The molecule has 0 bridgehead atoms. The van der Waals surface area contributed by atoms with Gasteiger partial charge in [-0.15, -0.1) is 0 Å². The number of hydrogen-bond acceptors (Lipinski definition) is 2. The normalized spacial score (nSPS) is 9.80. The van der Waals surface area contributed by atoms with Gasteiger partial charge in [0.15, 0.2) is 0 Å². The van der Waals surface area contributed by atoms with Crippen LogP contribution in [0.3, 0.4) is 0 Å². The molecule has 0 atom stereocenters. The van der Waals surface area contributed by atoms with Crippen LogP contribution in [0.25, 0.3) is 0 Å². The quantitative estimate of drug-likeness (QED) is 0.588. The van der Waals surface area contributed by atoms with Crippen molar-refractivity contribution in [2.45, 2.75) is 39.9 Å². The average Bonchev–Trinajstić information content (AvgIpc) is 1.63. The fraction of sp³-hybridized carbons (Fsp3) is 1.00. The first-order chi connectivity index (χ1) is 4.13. The maximum absolute atomic E-state index is 5.21. The Labute approximate surface area is 68.7 Å². The molecular formula is C6H15AlFO2. The fourth-order valence-corrected chi connectivity index (χ4v) is 0.763. The molecule has 0 saturated heterocycles. The number of halogens is 1. The summed E-state index contributed by atoms with van der Waals surface area (Å²) in [4.78, 5) is 0. The van der Waals surface area contributed by atoms with Gasteiger partial charge in [-0.3, -0.25) is 4.70 Å². The van der Waals surface area contributed by atoms with Crippen molar-refractivity contribution in [1.29, 1.82) is 0 Å². The predicted octanol–water partition coefficient (Wildman–Crippen LogP) is 1.52. The predicted molar refractivity (Wildman–Crippen MR) is 40.7 cm³/mol. The highest BCUT2D eigenvalue weighted by Gasteiger charge is 2.01. The molecule has 0 rings (SSSR count). The third kappa shape index (κ3) is 11.2. The Morgan fingerprint density at radius 1 is 0.900 bits per heavy atom. The highest BCUT2D eigenvalue weighted by Crippen LogP contribution is 1.89. The zero-order valence-electron chi connectivity index (χ0n) is 6.96. The minimum Gasteiger partial charge on any atom is -0.482 e. The van der Waals surface area contributed by atoms with Crippen LogP contribution in [-0.4, -0.2) is 28.1 Å². The maximum Gasteiger partial charge on any atom is 0.668 e. The fourth-order valence-electron chi connectivity index (χ4n) is 0.254. The van der Waals surface area contributed by atoms with E-state index in [9.17, 15) is 0 Å². The molecule has 61 valence electrons. The Hall–Kier alpha value is 0.382. The first kappa shape index (κ1) is 13.0. The van der Waals surface area contributed by atoms with Gasteiger partial charge in [-0.05, 0) is 27.7 Å². The molecule has 0 spiro atoms. The molecule has 0 heterocycles. The zero-order valence-corrected chi connectivity index (χ0v) is 8.11. The highest BCUT2D eigenvalue weighted by atomic mass is 27.2. The molecule has 10 heavy (non-hydrogen) atoms. The molecule has 0 aromatic heterocycles. The van der Waals surface area contributed by atoms with Crippen LogP contribution >= 0.6 is 0 Å². The molecule has 0 aliphatic heterocycles. The van der Waals surface area contributed by atoms with Gasteiger partial charge in [-0.2, -0.15) is 0 Å². The molecule has 0 unspecified atom stereocenters. The van der Waals surface area contributed by atoms with Crippen molar-refractivity contribution in [3.63, 3.8) is 0 Å². The van der Waals surface area contributed by atoms with Crippen molar-refractivity contribution in [3.05, 3.63) is 0 Å². The summed E-state index contributed by atoms with van der Waals surface area (Å²) in [6.45, 7) is 8.04. The Kier molecular flexibility index (Phi) is 9.74. The molecule has 4 heteroatoms. The third-order valence-electron chi connectivity index (χ3n) is 0.655. The summed E-state index contributed by atoms with van der Waals surface area (Å²) in [5.74, 6) is 0. The molecule has 0 aromatic rings. The second-order valence-corrected chi connectivity index (χ2v) is 3.20. The zero-order chi connectivity index (χ0) is 7.28. The van der Waals surface area contributed by atoms with E-state index >= 15 is 0 Å². The lowest BCUT2D eigenvalue weighted by atomic mass is 10.5. The van der Waals surface area contributed by atoms with E-state index in [1.54, 1.807) is 0 Å². The highest BCUT2D eigenvalue weighted by molar-refractivity contribution is 6.18. The molecule has 0 aliphatic carbocycles. The lowest BCUT2D eigenvalue weighted by molar-refractivity contribution is 0.152. The topological polar surface area (TPSA) is 18.5 Å². The summed E-state index contributed by atoms with van der Waals surface area (Å²) >= 11 is -0.245. The number of rotatable bonds is 4. The van der Waals surface area contributed by atoms with Crippen LogP contribution in [0.2, 0.25) is 0 Å². The minimum atomic E-state index is -0.245. The van der Waals surface area contributed by atoms with Crippen molar-refractivity contribution in [1.82, 2.24) is 0 Å². The van der Waals surface area contributed by atoms with E-state index in [1.165, 1.54) is 0 Å². The van der Waals surface area contributed by atoms with Gasteiger partial charge in [0.1, 0.15) is 0 Å². The first-order valence-electron chi connectivity index (χ1n) is 3.25. The van der Waals surface area contributed by atoms with Crippen LogP contribution in [0.4, 0.5) is 4.70 Å². The van der Waals surface area contributed by atoms with Gasteiger partial charge in [-0.25, -0.2) is 0 Å². The van der Waals surface area contributed by atoms with Crippen molar-refractivity contribution in [2.75, 3.05) is 0 Å². The lowest BCUT2D eigenvalue weighted by Crippen LogP contribution is -2.14. The smallest absolute Gasteiger partial charge is 0.482 e. The van der Waals surface area contributed by atoms with Crippen LogP contribution < -0.4 is 0 Å². The van der Waals surface area contributed by atoms with E-state index in [2.05, 4.69) is 0 Å². The van der Waals surface area contributed by atoms with Gasteiger partial charge in [0.05, 0.1) is 0 Å². The monoisotopic (exact) mass is 165 g/mol. The van der Waals surface area contributed by atoms with Gasteiger partial charge in [0.25, 0.3) is 0 Å². The summed E-state index contributed by atoms with van der Waals surface area (Å²) < 4.78 is 10.4. The van der Waals surface area contributed by atoms with Gasteiger partial charge in [0.2, 0.25) is 0 Å². The average molecular weight is 165 g/mol. The lowest BCUT2D eigenvalue weighted by Gasteiger charge is -2.09. The molecular weight excluding hydrogens is 150 g/mol. The van der Waals surface area contributed by atoms with Crippen molar-refractivity contribution in [3.8, 4) is 0 Å². The van der Waals surface area contributed by atoms with Gasteiger partial charge in [0, 0.05) is 12.2 Å². The summed E-state index contributed by atoms with van der Waals surface area (Å²) in [6.07, 6.45) is 0.609. The van der Waals surface area contributed by atoms with E-state index in [0.717, 1.165) is 0 Å². The molecule has 2 nitrogen and oxygen atoms in total. The summed E-state index contributed by atoms with van der Waals surface area (Å²) in [7, 11) is 0. The Morgan fingerprint density at radius 3 is 1.40 bits per heavy atom. The van der Waals surface area contributed by atoms with E-state index < -0.39 is 0 Å². The third-order valence-corrected chi connectivity index (χ3v) is 1.97. The largest absolute Gasteiger partial charge is 0.668 e.